The number of hydrogen-bond donors (Lipinski definition) is 2. The number of carboxylic acids is 1. The zero-order valence-electron chi connectivity index (χ0n) is 20.1. The van der Waals surface area contributed by atoms with Crippen LogP contribution in [0, 0.1) is 23.2 Å². The van der Waals surface area contributed by atoms with Crippen LogP contribution >= 0.6 is 0 Å². The molecule has 0 radical (unpaired) electrons. The molecule has 4 aliphatic carbocycles. The smallest absolute Gasteiger partial charge is 0.417 e. The Kier molecular flexibility index (Phi) is 5.81. The van der Waals surface area contributed by atoms with Crippen molar-refractivity contribution in [3.63, 3.8) is 0 Å². The van der Waals surface area contributed by atoms with Gasteiger partial charge in [-0.3, -0.25) is 14.5 Å². The van der Waals surface area contributed by atoms with Crippen LogP contribution < -0.4 is 10.2 Å². The van der Waals surface area contributed by atoms with Crippen molar-refractivity contribution in [2.45, 2.75) is 63.7 Å². The van der Waals surface area contributed by atoms with Gasteiger partial charge in [0.05, 0.1) is 16.5 Å². The molecule has 7 nitrogen and oxygen atoms in total. The van der Waals surface area contributed by atoms with Crippen LogP contribution in [0.25, 0.3) is 0 Å². The molecule has 5 aliphatic rings. The number of piperazine rings is 1. The highest BCUT2D eigenvalue weighted by atomic mass is 19.4. The van der Waals surface area contributed by atoms with Crippen molar-refractivity contribution in [3.8, 4) is 0 Å². The third kappa shape index (κ3) is 4.27. The van der Waals surface area contributed by atoms with Crippen LogP contribution in [0.15, 0.2) is 18.3 Å². The van der Waals surface area contributed by atoms with Gasteiger partial charge in [0.25, 0.3) is 0 Å². The molecule has 2 atom stereocenters. The number of rotatable bonds is 5. The van der Waals surface area contributed by atoms with E-state index in [0.717, 1.165) is 31.5 Å². The minimum absolute atomic E-state index is 0.0310. The first-order valence-corrected chi connectivity index (χ1v) is 12.5. The molecule has 2 heterocycles. The Balaban J connectivity index is 1.19. The van der Waals surface area contributed by atoms with E-state index in [-0.39, 0.29) is 23.8 Å². The average molecular weight is 495 g/mol. The lowest BCUT2D eigenvalue weighted by Crippen LogP contribution is -2.66. The second kappa shape index (κ2) is 8.35. The molecule has 4 bridgehead atoms. The summed E-state index contributed by atoms with van der Waals surface area (Å²) in [5.74, 6) is 0.680. The highest BCUT2D eigenvalue weighted by molar-refractivity contribution is 5.86. The predicted molar refractivity (Wildman–Crippen MR) is 123 cm³/mol. The van der Waals surface area contributed by atoms with Gasteiger partial charge >= 0.3 is 12.1 Å². The van der Waals surface area contributed by atoms with Gasteiger partial charge in [-0.05, 0) is 75.8 Å². The van der Waals surface area contributed by atoms with E-state index in [0.29, 0.717) is 50.8 Å². The number of aromatic nitrogens is 1. The van der Waals surface area contributed by atoms with Crippen LogP contribution in [0.1, 0.15) is 51.5 Å². The lowest BCUT2D eigenvalue weighted by atomic mass is 9.48. The van der Waals surface area contributed by atoms with E-state index in [1.54, 1.807) is 0 Å². The van der Waals surface area contributed by atoms with Gasteiger partial charge in [0.1, 0.15) is 5.82 Å². The molecule has 1 aromatic rings. The maximum atomic E-state index is 13.5. The number of aliphatic carboxylic acids is 1. The Hall–Kier alpha value is -2.36. The number of anilines is 1. The Morgan fingerprint density at radius 2 is 1.69 bits per heavy atom. The van der Waals surface area contributed by atoms with Gasteiger partial charge in [-0.1, -0.05) is 0 Å². The minimum atomic E-state index is -4.41. The molecule has 6 rings (SSSR count). The maximum Gasteiger partial charge on any atom is 0.417 e. The zero-order valence-corrected chi connectivity index (χ0v) is 20.1. The molecule has 2 N–H and O–H groups in total. The Morgan fingerprint density at radius 1 is 1.06 bits per heavy atom. The Labute approximate surface area is 203 Å². The van der Waals surface area contributed by atoms with Crippen molar-refractivity contribution in [2.24, 2.45) is 23.2 Å². The van der Waals surface area contributed by atoms with Crippen LogP contribution in [-0.4, -0.2) is 64.6 Å². The molecule has 192 valence electrons. The lowest BCUT2D eigenvalue weighted by molar-refractivity contribution is -0.168. The van der Waals surface area contributed by atoms with Gasteiger partial charge in [0.15, 0.2) is 0 Å². The zero-order chi connectivity index (χ0) is 25.2. The van der Waals surface area contributed by atoms with Gasteiger partial charge in [-0.2, -0.15) is 13.2 Å². The molecule has 1 saturated heterocycles. The number of hydrogen-bond acceptors (Lipinski definition) is 5. The van der Waals surface area contributed by atoms with Gasteiger partial charge in [-0.25, -0.2) is 4.98 Å². The van der Waals surface area contributed by atoms with Crippen molar-refractivity contribution >= 4 is 17.7 Å². The highest BCUT2D eigenvalue weighted by Gasteiger charge is 2.59. The van der Waals surface area contributed by atoms with Crippen LogP contribution in [-0.2, 0) is 15.8 Å². The molecule has 1 amide bonds. The summed E-state index contributed by atoms with van der Waals surface area (Å²) in [5, 5.41) is 13.2. The van der Waals surface area contributed by atoms with Gasteiger partial charge in [0.2, 0.25) is 5.91 Å². The van der Waals surface area contributed by atoms with Crippen molar-refractivity contribution in [1.82, 2.24) is 15.2 Å². The number of carboxylic acid groups (broad SMARTS) is 1. The SMILES string of the molecule is CC(C)(C(=O)NC1C2CC3CC1CC(C(=O)O)(C3)C2)N1CCN(c2ccc(C(F)(F)F)cn2)CC1. The van der Waals surface area contributed by atoms with Gasteiger partial charge in [-0.15, -0.1) is 0 Å². The molecule has 2 unspecified atom stereocenters. The summed E-state index contributed by atoms with van der Waals surface area (Å²) in [5.41, 5.74) is -2.12. The lowest BCUT2D eigenvalue weighted by Gasteiger charge is -2.58. The van der Waals surface area contributed by atoms with E-state index >= 15 is 0 Å². The fraction of sp³-hybridized carbons (Fsp3) is 0.720. The summed E-state index contributed by atoms with van der Waals surface area (Å²) in [4.78, 5) is 33.5. The molecule has 1 aliphatic heterocycles. The minimum Gasteiger partial charge on any atom is -0.481 e. The third-order valence-corrected chi connectivity index (χ3v) is 9.05. The van der Waals surface area contributed by atoms with Crippen LogP contribution in [0.2, 0.25) is 0 Å². The molecular weight excluding hydrogens is 461 g/mol. The Morgan fingerprint density at radius 3 is 2.20 bits per heavy atom. The molecule has 0 spiro atoms. The summed E-state index contributed by atoms with van der Waals surface area (Å²) in [6, 6.07) is 2.47. The van der Waals surface area contributed by atoms with Crippen LogP contribution in [0.3, 0.4) is 0 Å². The fourth-order valence-electron chi connectivity index (χ4n) is 7.23. The number of pyridine rings is 1. The van der Waals surface area contributed by atoms with Crippen molar-refractivity contribution in [1.29, 1.82) is 0 Å². The first kappa shape index (κ1) is 24.3. The highest BCUT2D eigenvalue weighted by Crippen LogP contribution is 2.60. The fourth-order valence-corrected chi connectivity index (χ4v) is 7.23. The number of nitrogens with one attached hydrogen (secondary N) is 1. The van der Waals surface area contributed by atoms with E-state index in [1.165, 1.54) is 6.07 Å². The van der Waals surface area contributed by atoms with Gasteiger partial charge < -0.3 is 15.3 Å². The number of carbonyl (C=O) groups excluding carboxylic acids is 1. The van der Waals surface area contributed by atoms with E-state index in [4.69, 9.17) is 0 Å². The second-order valence-electron chi connectivity index (χ2n) is 11.5. The topological polar surface area (TPSA) is 85.8 Å². The van der Waals surface area contributed by atoms with Crippen molar-refractivity contribution in [3.05, 3.63) is 23.9 Å². The summed E-state index contributed by atoms with van der Waals surface area (Å²) >= 11 is 0. The van der Waals surface area contributed by atoms with Crippen molar-refractivity contribution < 1.29 is 27.9 Å². The van der Waals surface area contributed by atoms with Gasteiger partial charge in [0, 0.05) is 38.4 Å². The molecular formula is C25H33F3N4O3. The summed E-state index contributed by atoms with van der Waals surface area (Å²) in [6.07, 6.45) is 0.523. The first-order valence-electron chi connectivity index (χ1n) is 12.5. The van der Waals surface area contributed by atoms with Crippen molar-refractivity contribution in [2.75, 3.05) is 31.1 Å². The number of halogens is 3. The predicted octanol–water partition coefficient (Wildman–Crippen LogP) is 3.40. The molecule has 35 heavy (non-hydrogen) atoms. The standard InChI is InChI=1S/C25H33F3N4O3/c1-23(2,32-7-5-31(6-8-32)19-4-3-18(14-29-19)25(26,27)28)21(33)30-20-16-9-15-10-17(20)13-24(11-15,12-16)22(34)35/h3-4,14-17,20H,5-13H2,1-2H3,(H,30,33)(H,34,35). The van der Waals surface area contributed by atoms with E-state index in [9.17, 15) is 27.9 Å². The first-order chi connectivity index (χ1) is 16.4. The number of nitrogens with zero attached hydrogens (tertiary/aromatic N) is 3. The summed E-state index contributed by atoms with van der Waals surface area (Å²) < 4.78 is 38.4. The molecule has 4 saturated carbocycles. The van der Waals surface area contributed by atoms with E-state index in [2.05, 4.69) is 15.2 Å². The summed E-state index contributed by atoms with van der Waals surface area (Å²) in [7, 11) is 0. The quantitative estimate of drug-likeness (QED) is 0.653. The summed E-state index contributed by atoms with van der Waals surface area (Å²) in [6.45, 7) is 6.11. The molecule has 5 fully saturated rings. The normalized spacial score (nSPS) is 33.1. The largest absolute Gasteiger partial charge is 0.481 e. The number of amides is 1. The van der Waals surface area contributed by atoms with Crippen LogP contribution in [0.4, 0.5) is 19.0 Å². The third-order valence-electron chi connectivity index (χ3n) is 9.05. The van der Waals surface area contributed by atoms with E-state index < -0.39 is 28.7 Å². The number of carbonyl (C=O) groups is 2. The second-order valence-corrected chi connectivity index (χ2v) is 11.5. The molecule has 1 aromatic heterocycles. The molecule has 10 heteroatoms. The van der Waals surface area contributed by atoms with E-state index in [1.807, 2.05) is 18.7 Å². The number of alkyl halides is 3. The Bertz CT molecular complexity index is 973. The van der Waals surface area contributed by atoms with Crippen LogP contribution in [0.5, 0.6) is 0 Å². The maximum absolute atomic E-state index is 13.5. The monoisotopic (exact) mass is 494 g/mol. The molecule has 0 aromatic carbocycles. The average Bonchev–Trinajstić information content (AvgIpc) is 2.80.